The molecule has 0 aliphatic carbocycles. The molecule has 0 radical (unpaired) electrons. The maximum Gasteiger partial charge on any atom is 0.416 e. The van der Waals surface area contributed by atoms with Gasteiger partial charge in [-0.15, -0.1) is 5.10 Å². The Morgan fingerprint density at radius 2 is 1.80 bits per heavy atom. The van der Waals surface area contributed by atoms with Crippen molar-refractivity contribution in [2.24, 2.45) is 0 Å². The molecule has 3 aromatic heterocycles. The van der Waals surface area contributed by atoms with Crippen molar-refractivity contribution in [1.29, 1.82) is 0 Å². The fourth-order valence-corrected chi connectivity index (χ4v) is 4.16. The molecule has 0 bridgehead atoms. The van der Waals surface area contributed by atoms with E-state index in [0.29, 0.717) is 41.3 Å². The minimum absolute atomic E-state index is 0.00844. The van der Waals surface area contributed by atoms with E-state index in [9.17, 15) is 22.8 Å². The number of ketones is 1. The summed E-state index contributed by atoms with van der Waals surface area (Å²) in [6, 6.07) is 16.2. The van der Waals surface area contributed by atoms with E-state index >= 15 is 0 Å². The zero-order valence-electron chi connectivity index (χ0n) is 21.5. The van der Waals surface area contributed by atoms with E-state index < -0.39 is 17.6 Å². The SMILES string of the molecule is Cc1cc(C(=O)CCc2cccc(Oc3ccc4nc(NC(=O)c5ccc(C(F)(F)F)cc5)cn4n3)c2)c(C)o1. The molecule has 204 valence electrons. The minimum atomic E-state index is -4.48. The first kappa shape index (κ1) is 26.7. The van der Waals surface area contributed by atoms with E-state index in [4.69, 9.17) is 9.15 Å². The summed E-state index contributed by atoms with van der Waals surface area (Å²) in [4.78, 5) is 29.3. The van der Waals surface area contributed by atoms with Crippen LogP contribution in [0, 0.1) is 13.8 Å². The third-order valence-corrected chi connectivity index (χ3v) is 6.11. The van der Waals surface area contributed by atoms with Gasteiger partial charge in [-0.05, 0) is 74.4 Å². The fraction of sp³-hybridized carbons (Fsp3) is 0.172. The van der Waals surface area contributed by atoms with Crippen LogP contribution in [-0.2, 0) is 12.6 Å². The van der Waals surface area contributed by atoms with Gasteiger partial charge >= 0.3 is 6.18 Å². The number of furan rings is 1. The summed E-state index contributed by atoms with van der Waals surface area (Å²) in [5, 5.41) is 6.91. The Balaban J connectivity index is 1.23. The quantitative estimate of drug-likeness (QED) is 0.214. The van der Waals surface area contributed by atoms with Crippen LogP contribution in [0.4, 0.5) is 19.0 Å². The van der Waals surface area contributed by atoms with Gasteiger partial charge in [-0.1, -0.05) is 12.1 Å². The monoisotopic (exact) mass is 548 g/mol. The zero-order valence-corrected chi connectivity index (χ0v) is 21.5. The molecule has 2 aromatic carbocycles. The highest BCUT2D eigenvalue weighted by molar-refractivity contribution is 6.03. The first-order chi connectivity index (χ1) is 19.0. The second kappa shape index (κ2) is 10.7. The van der Waals surface area contributed by atoms with E-state index in [1.807, 2.05) is 18.2 Å². The number of halogens is 3. The van der Waals surface area contributed by atoms with E-state index in [0.717, 1.165) is 29.8 Å². The van der Waals surface area contributed by atoms with Crippen molar-refractivity contribution in [1.82, 2.24) is 14.6 Å². The highest BCUT2D eigenvalue weighted by atomic mass is 19.4. The number of Topliss-reactive ketones (excluding diaryl/α,β-unsaturated/α-hetero) is 1. The smallest absolute Gasteiger partial charge is 0.416 e. The molecule has 0 spiro atoms. The predicted molar refractivity (Wildman–Crippen MR) is 140 cm³/mol. The molecule has 3 heterocycles. The molecule has 5 aromatic rings. The number of anilines is 1. The minimum Gasteiger partial charge on any atom is -0.466 e. The molecule has 0 saturated carbocycles. The summed E-state index contributed by atoms with van der Waals surface area (Å²) in [7, 11) is 0. The van der Waals surface area contributed by atoms with Gasteiger partial charge in [-0.2, -0.15) is 13.2 Å². The van der Waals surface area contributed by atoms with E-state index in [1.165, 1.54) is 10.7 Å². The summed E-state index contributed by atoms with van der Waals surface area (Å²) in [6.07, 6.45) is -2.17. The Bertz CT molecular complexity index is 1700. The first-order valence-electron chi connectivity index (χ1n) is 12.3. The molecule has 40 heavy (non-hydrogen) atoms. The van der Waals surface area contributed by atoms with Gasteiger partial charge in [0.25, 0.3) is 5.91 Å². The molecule has 0 aliphatic rings. The molecule has 1 N–H and O–H groups in total. The summed E-state index contributed by atoms with van der Waals surface area (Å²) < 4.78 is 51.1. The Labute approximate surface area is 226 Å². The average molecular weight is 549 g/mol. The summed E-state index contributed by atoms with van der Waals surface area (Å²) in [5.41, 5.74) is 1.15. The number of hydrogen-bond acceptors (Lipinski definition) is 6. The second-order valence-corrected chi connectivity index (χ2v) is 9.13. The van der Waals surface area contributed by atoms with E-state index in [2.05, 4.69) is 15.4 Å². The van der Waals surface area contributed by atoms with Gasteiger partial charge in [0.2, 0.25) is 5.88 Å². The number of carbonyl (C=O) groups excluding carboxylic acids is 2. The number of aryl methyl sites for hydroxylation is 3. The maximum atomic E-state index is 12.8. The molecule has 8 nitrogen and oxygen atoms in total. The lowest BCUT2D eigenvalue weighted by Gasteiger charge is -2.07. The lowest BCUT2D eigenvalue weighted by Crippen LogP contribution is -2.13. The number of aromatic nitrogens is 3. The maximum absolute atomic E-state index is 12.8. The van der Waals surface area contributed by atoms with Crippen molar-refractivity contribution in [2.75, 3.05) is 5.32 Å². The number of amides is 1. The average Bonchev–Trinajstić information content (AvgIpc) is 3.47. The predicted octanol–water partition coefficient (Wildman–Crippen LogP) is 6.82. The number of benzene rings is 2. The molecule has 0 atom stereocenters. The van der Waals surface area contributed by atoms with Crippen molar-refractivity contribution >= 4 is 23.2 Å². The number of hydrogen-bond donors (Lipinski definition) is 1. The van der Waals surface area contributed by atoms with Gasteiger partial charge in [-0.25, -0.2) is 9.50 Å². The topological polar surface area (TPSA) is 98.7 Å². The molecule has 11 heteroatoms. The molecule has 0 saturated heterocycles. The van der Waals surface area contributed by atoms with E-state index in [-0.39, 0.29) is 23.0 Å². The third kappa shape index (κ3) is 6.04. The van der Waals surface area contributed by atoms with Crippen molar-refractivity contribution in [3.8, 4) is 11.6 Å². The molecule has 0 aliphatic heterocycles. The fourth-order valence-electron chi connectivity index (χ4n) is 4.16. The van der Waals surface area contributed by atoms with E-state index in [1.54, 1.807) is 38.1 Å². The molecule has 0 fully saturated rings. The highest BCUT2D eigenvalue weighted by Gasteiger charge is 2.30. The number of nitrogens with one attached hydrogen (secondary N) is 1. The van der Waals surface area contributed by atoms with Crippen molar-refractivity contribution < 1.29 is 31.9 Å². The van der Waals surface area contributed by atoms with Crippen LogP contribution in [-0.4, -0.2) is 26.3 Å². The van der Waals surface area contributed by atoms with Crippen LogP contribution in [0.5, 0.6) is 11.6 Å². The number of alkyl halides is 3. The van der Waals surface area contributed by atoms with Crippen LogP contribution < -0.4 is 10.1 Å². The number of rotatable bonds is 8. The summed E-state index contributed by atoms with van der Waals surface area (Å²) >= 11 is 0. The van der Waals surface area contributed by atoms with Gasteiger partial charge in [0.05, 0.1) is 17.3 Å². The van der Waals surface area contributed by atoms with Crippen LogP contribution in [0.2, 0.25) is 0 Å². The van der Waals surface area contributed by atoms with Gasteiger partial charge < -0.3 is 14.5 Å². The molecule has 1 amide bonds. The molecule has 0 unspecified atom stereocenters. The molecular weight excluding hydrogens is 525 g/mol. The lowest BCUT2D eigenvalue weighted by atomic mass is 10.0. The summed E-state index contributed by atoms with van der Waals surface area (Å²) in [6.45, 7) is 3.58. The highest BCUT2D eigenvalue weighted by Crippen LogP contribution is 2.29. The largest absolute Gasteiger partial charge is 0.466 e. The number of ether oxygens (including phenoxy) is 1. The molecule has 5 rings (SSSR count). The standard InChI is InChI=1S/C29H23F3N4O4/c1-17-14-23(18(2)39-17)24(37)11-6-19-4-3-5-22(15-19)40-27-13-12-26-33-25(16-36(26)35-27)34-28(38)20-7-9-21(10-8-20)29(30,31)32/h3-5,7-10,12-16H,6,11H2,1-2H3,(H,34,38). The number of fused-ring (bicyclic) bond motifs is 1. The normalized spacial score (nSPS) is 11.5. The van der Waals surface area contributed by atoms with Gasteiger partial charge in [0, 0.05) is 18.1 Å². The van der Waals surface area contributed by atoms with Crippen LogP contribution in [0.25, 0.3) is 5.65 Å². The Hall–Kier alpha value is -4.93. The number of carbonyl (C=O) groups is 2. The van der Waals surface area contributed by atoms with Crippen molar-refractivity contribution in [3.05, 3.63) is 107 Å². The Morgan fingerprint density at radius 1 is 1.02 bits per heavy atom. The lowest BCUT2D eigenvalue weighted by molar-refractivity contribution is -0.137. The van der Waals surface area contributed by atoms with Crippen molar-refractivity contribution in [2.45, 2.75) is 32.9 Å². The van der Waals surface area contributed by atoms with Gasteiger partial charge in [-0.3, -0.25) is 9.59 Å². The van der Waals surface area contributed by atoms with Crippen LogP contribution in [0.1, 0.15) is 49.8 Å². The van der Waals surface area contributed by atoms with Crippen LogP contribution in [0.3, 0.4) is 0 Å². The number of imidazole rings is 1. The van der Waals surface area contributed by atoms with Gasteiger partial charge in [0.1, 0.15) is 17.3 Å². The second-order valence-electron chi connectivity index (χ2n) is 9.13. The Kier molecular flexibility index (Phi) is 7.12. The van der Waals surface area contributed by atoms with Crippen LogP contribution >= 0.6 is 0 Å². The van der Waals surface area contributed by atoms with Gasteiger partial charge in [0.15, 0.2) is 17.2 Å². The first-order valence-corrected chi connectivity index (χ1v) is 12.3. The van der Waals surface area contributed by atoms with Crippen molar-refractivity contribution in [3.63, 3.8) is 0 Å². The summed E-state index contributed by atoms with van der Waals surface area (Å²) in [5.74, 6) is 1.68. The zero-order chi connectivity index (χ0) is 28.4. The third-order valence-electron chi connectivity index (χ3n) is 6.11. The number of nitrogens with zero attached hydrogens (tertiary/aromatic N) is 3. The molecular formula is C29H23F3N4O4. The van der Waals surface area contributed by atoms with Crippen LogP contribution in [0.15, 0.2) is 77.3 Å². The Morgan fingerprint density at radius 3 is 2.50 bits per heavy atom.